The van der Waals surface area contributed by atoms with Crippen molar-refractivity contribution in [3.8, 4) is 0 Å². The van der Waals surface area contributed by atoms with Crippen molar-refractivity contribution >= 4 is 39.3 Å². The SMILES string of the molecule is Cc1cccc(CSc2nc(N)nc3sccc23)c1. The molecule has 2 N–H and O–H groups in total. The Morgan fingerprint density at radius 1 is 1.26 bits per heavy atom. The van der Waals surface area contributed by atoms with Gasteiger partial charge in [0, 0.05) is 11.1 Å². The van der Waals surface area contributed by atoms with E-state index in [-0.39, 0.29) is 0 Å². The Hall–Kier alpha value is -1.59. The number of hydrogen-bond donors (Lipinski definition) is 1. The van der Waals surface area contributed by atoms with E-state index in [9.17, 15) is 0 Å². The molecule has 0 aliphatic heterocycles. The number of nitrogens with zero attached hydrogens (tertiary/aromatic N) is 2. The molecule has 19 heavy (non-hydrogen) atoms. The lowest BCUT2D eigenvalue weighted by Crippen LogP contribution is -1.95. The van der Waals surface area contributed by atoms with Gasteiger partial charge in [-0.2, -0.15) is 0 Å². The molecule has 3 nitrogen and oxygen atoms in total. The number of benzene rings is 1. The van der Waals surface area contributed by atoms with Gasteiger partial charge in [0.05, 0.1) is 0 Å². The van der Waals surface area contributed by atoms with Crippen molar-refractivity contribution in [2.45, 2.75) is 17.7 Å². The normalized spacial score (nSPS) is 11.0. The first-order valence-corrected chi connectivity index (χ1v) is 7.78. The molecule has 0 aliphatic carbocycles. The number of aryl methyl sites for hydroxylation is 1. The third kappa shape index (κ3) is 2.72. The zero-order valence-electron chi connectivity index (χ0n) is 10.5. The Balaban J connectivity index is 1.87. The van der Waals surface area contributed by atoms with Crippen LogP contribution in [0.1, 0.15) is 11.1 Å². The number of nitrogen functional groups attached to an aromatic ring is 1. The molecule has 96 valence electrons. The van der Waals surface area contributed by atoms with Crippen molar-refractivity contribution in [2.24, 2.45) is 0 Å². The molecule has 0 amide bonds. The topological polar surface area (TPSA) is 51.8 Å². The van der Waals surface area contributed by atoms with E-state index in [1.807, 2.05) is 5.38 Å². The van der Waals surface area contributed by atoms with Crippen LogP contribution in [0.5, 0.6) is 0 Å². The van der Waals surface area contributed by atoms with Gasteiger partial charge in [-0.3, -0.25) is 0 Å². The summed E-state index contributed by atoms with van der Waals surface area (Å²) in [6.07, 6.45) is 0. The Morgan fingerprint density at radius 2 is 2.16 bits per heavy atom. The predicted molar refractivity (Wildman–Crippen MR) is 82.6 cm³/mol. The standard InChI is InChI=1S/C14H13N3S2/c1-9-3-2-4-10(7-9)8-19-13-11-5-6-18-12(11)16-14(15)17-13/h2-7H,8H2,1H3,(H2,15,16,17). The van der Waals surface area contributed by atoms with Crippen LogP contribution in [0.15, 0.2) is 40.7 Å². The molecule has 0 fully saturated rings. The first-order valence-electron chi connectivity index (χ1n) is 5.91. The molecule has 1 aromatic carbocycles. The highest BCUT2D eigenvalue weighted by Crippen LogP contribution is 2.31. The van der Waals surface area contributed by atoms with Crippen LogP contribution in [0, 0.1) is 6.92 Å². The summed E-state index contributed by atoms with van der Waals surface area (Å²) in [6.45, 7) is 2.11. The lowest BCUT2D eigenvalue weighted by atomic mass is 10.2. The summed E-state index contributed by atoms with van der Waals surface area (Å²) in [6, 6.07) is 10.6. The van der Waals surface area contributed by atoms with Gasteiger partial charge in [-0.15, -0.1) is 23.1 Å². The highest BCUT2D eigenvalue weighted by Gasteiger charge is 2.08. The maximum Gasteiger partial charge on any atom is 0.222 e. The fraction of sp³-hybridized carbons (Fsp3) is 0.143. The van der Waals surface area contributed by atoms with Crippen molar-refractivity contribution in [1.82, 2.24) is 9.97 Å². The Labute approximate surface area is 119 Å². The van der Waals surface area contributed by atoms with Gasteiger partial charge < -0.3 is 5.73 Å². The van der Waals surface area contributed by atoms with E-state index in [2.05, 4.69) is 47.2 Å². The Kier molecular flexibility index (Phi) is 3.40. The van der Waals surface area contributed by atoms with E-state index in [0.29, 0.717) is 5.95 Å². The Morgan fingerprint density at radius 3 is 3.00 bits per heavy atom. The van der Waals surface area contributed by atoms with Crippen molar-refractivity contribution < 1.29 is 0 Å². The highest BCUT2D eigenvalue weighted by molar-refractivity contribution is 7.98. The smallest absolute Gasteiger partial charge is 0.222 e. The highest BCUT2D eigenvalue weighted by atomic mass is 32.2. The maximum absolute atomic E-state index is 5.75. The number of hydrogen-bond acceptors (Lipinski definition) is 5. The number of aromatic nitrogens is 2. The van der Waals surface area contributed by atoms with Gasteiger partial charge in [-0.25, -0.2) is 9.97 Å². The van der Waals surface area contributed by atoms with Gasteiger partial charge >= 0.3 is 0 Å². The van der Waals surface area contributed by atoms with Crippen molar-refractivity contribution in [1.29, 1.82) is 0 Å². The van der Waals surface area contributed by atoms with Gasteiger partial charge in [-0.1, -0.05) is 29.8 Å². The number of thiophene rings is 1. The van der Waals surface area contributed by atoms with Crippen LogP contribution in [-0.4, -0.2) is 9.97 Å². The van der Waals surface area contributed by atoms with Crippen LogP contribution in [0.3, 0.4) is 0 Å². The third-order valence-electron chi connectivity index (χ3n) is 2.77. The lowest BCUT2D eigenvalue weighted by molar-refractivity contribution is 1.12. The second-order valence-corrected chi connectivity index (χ2v) is 6.16. The van der Waals surface area contributed by atoms with Crippen molar-refractivity contribution in [2.75, 3.05) is 5.73 Å². The van der Waals surface area contributed by atoms with E-state index in [4.69, 9.17) is 5.73 Å². The van der Waals surface area contributed by atoms with Crippen LogP contribution in [0.2, 0.25) is 0 Å². The monoisotopic (exact) mass is 287 g/mol. The zero-order chi connectivity index (χ0) is 13.2. The summed E-state index contributed by atoms with van der Waals surface area (Å²) in [5, 5.41) is 4.08. The number of thioether (sulfide) groups is 1. The van der Waals surface area contributed by atoms with Gasteiger partial charge in [0.2, 0.25) is 5.95 Å². The van der Waals surface area contributed by atoms with E-state index >= 15 is 0 Å². The first kappa shape index (κ1) is 12.4. The molecule has 0 saturated carbocycles. The average molecular weight is 287 g/mol. The minimum Gasteiger partial charge on any atom is -0.368 e. The molecule has 0 atom stereocenters. The molecule has 3 rings (SSSR count). The summed E-state index contributed by atoms with van der Waals surface area (Å²) < 4.78 is 0. The van der Waals surface area contributed by atoms with Crippen LogP contribution in [0.4, 0.5) is 5.95 Å². The molecule has 0 spiro atoms. The third-order valence-corrected chi connectivity index (χ3v) is 4.63. The summed E-state index contributed by atoms with van der Waals surface area (Å²) in [4.78, 5) is 9.54. The molecule has 0 saturated heterocycles. The molecule has 0 bridgehead atoms. The first-order chi connectivity index (χ1) is 9.22. The van der Waals surface area contributed by atoms with Crippen molar-refractivity contribution in [3.63, 3.8) is 0 Å². The Bertz CT molecular complexity index is 722. The zero-order valence-corrected chi connectivity index (χ0v) is 12.1. The van der Waals surface area contributed by atoms with E-state index in [1.165, 1.54) is 11.1 Å². The summed E-state index contributed by atoms with van der Waals surface area (Å²) in [7, 11) is 0. The largest absolute Gasteiger partial charge is 0.368 e. The number of nitrogens with two attached hydrogens (primary N) is 1. The van der Waals surface area contributed by atoms with Crippen LogP contribution in [0.25, 0.3) is 10.2 Å². The molecule has 2 aromatic heterocycles. The van der Waals surface area contributed by atoms with Gasteiger partial charge in [0.1, 0.15) is 9.86 Å². The van der Waals surface area contributed by atoms with E-state index in [0.717, 1.165) is 21.0 Å². The molecular formula is C14H13N3S2. The molecule has 2 heterocycles. The summed E-state index contributed by atoms with van der Waals surface area (Å²) in [5.74, 6) is 1.24. The molecular weight excluding hydrogens is 274 g/mol. The van der Waals surface area contributed by atoms with Gasteiger partial charge in [0.25, 0.3) is 0 Å². The minimum atomic E-state index is 0.349. The van der Waals surface area contributed by atoms with Crippen LogP contribution in [-0.2, 0) is 5.75 Å². The number of rotatable bonds is 3. The maximum atomic E-state index is 5.75. The van der Waals surface area contributed by atoms with E-state index in [1.54, 1.807) is 23.1 Å². The van der Waals surface area contributed by atoms with Gasteiger partial charge in [0.15, 0.2) is 0 Å². The van der Waals surface area contributed by atoms with E-state index < -0.39 is 0 Å². The average Bonchev–Trinajstić information content (AvgIpc) is 2.84. The predicted octanol–water partition coefficient (Wildman–Crippen LogP) is 3.87. The summed E-state index contributed by atoms with van der Waals surface area (Å²) in [5.41, 5.74) is 8.32. The minimum absolute atomic E-state index is 0.349. The molecule has 5 heteroatoms. The van der Waals surface area contributed by atoms with Crippen LogP contribution >= 0.6 is 23.1 Å². The fourth-order valence-electron chi connectivity index (χ4n) is 1.91. The fourth-order valence-corrected chi connectivity index (χ4v) is 3.70. The second kappa shape index (κ2) is 5.19. The molecule has 0 radical (unpaired) electrons. The van der Waals surface area contributed by atoms with Crippen LogP contribution < -0.4 is 5.73 Å². The van der Waals surface area contributed by atoms with Gasteiger partial charge in [-0.05, 0) is 23.9 Å². The number of fused-ring (bicyclic) bond motifs is 1. The lowest BCUT2D eigenvalue weighted by Gasteiger charge is -2.04. The number of anilines is 1. The molecule has 3 aromatic rings. The molecule has 0 unspecified atom stereocenters. The second-order valence-electron chi connectivity index (χ2n) is 4.30. The quantitative estimate of drug-likeness (QED) is 0.587. The van der Waals surface area contributed by atoms with Crippen molar-refractivity contribution in [3.05, 3.63) is 46.8 Å². The molecule has 0 aliphatic rings. The summed E-state index contributed by atoms with van der Waals surface area (Å²) >= 11 is 3.30.